The van der Waals surface area contributed by atoms with E-state index in [9.17, 15) is 4.79 Å². The van der Waals surface area contributed by atoms with Gasteiger partial charge < -0.3 is 24.1 Å². The Hall–Kier alpha value is -3.25. The molecule has 156 valence electrons. The Morgan fingerprint density at radius 2 is 1.87 bits per heavy atom. The smallest absolute Gasteiger partial charge is 0.287 e. The zero-order valence-corrected chi connectivity index (χ0v) is 17.3. The highest BCUT2D eigenvalue weighted by atomic mass is 16.5. The predicted octanol–water partition coefficient (Wildman–Crippen LogP) is 2.41. The van der Waals surface area contributed by atoms with Crippen LogP contribution in [-0.2, 0) is 13.0 Å². The molecule has 0 bridgehead atoms. The number of methoxy groups -OCH3 is 2. The van der Waals surface area contributed by atoms with Crippen LogP contribution in [0.3, 0.4) is 0 Å². The molecule has 3 aromatic rings. The van der Waals surface area contributed by atoms with Crippen molar-refractivity contribution in [2.45, 2.75) is 19.0 Å². The van der Waals surface area contributed by atoms with Crippen molar-refractivity contribution in [1.29, 1.82) is 0 Å². The van der Waals surface area contributed by atoms with Crippen LogP contribution in [0.15, 0.2) is 65.3 Å². The number of nitrogens with one attached hydrogen (secondary N) is 2. The van der Waals surface area contributed by atoms with E-state index in [0.717, 1.165) is 25.3 Å². The van der Waals surface area contributed by atoms with Gasteiger partial charge in [-0.25, -0.2) is 0 Å². The van der Waals surface area contributed by atoms with E-state index < -0.39 is 0 Å². The van der Waals surface area contributed by atoms with E-state index in [4.69, 9.17) is 13.9 Å². The fraction of sp³-hybridized carbons (Fsp3) is 0.292. The number of furan rings is 1. The number of hydrogen-bond donors (Lipinski definition) is 2. The Morgan fingerprint density at radius 1 is 1.10 bits per heavy atom. The maximum atomic E-state index is 12.5. The van der Waals surface area contributed by atoms with Crippen LogP contribution in [0, 0.1) is 0 Å². The third-order valence-electron chi connectivity index (χ3n) is 5.71. The number of carbonyl (C=O) groups is 1. The molecular weight excluding hydrogens is 380 g/mol. The first kappa shape index (κ1) is 20.0. The second kappa shape index (κ2) is 9.05. The first-order valence-corrected chi connectivity index (χ1v) is 10.1. The lowest BCUT2D eigenvalue weighted by Crippen LogP contribution is -3.12. The van der Waals surface area contributed by atoms with E-state index in [1.807, 2.05) is 6.07 Å². The molecule has 6 nitrogen and oxygen atoms in total. The first-order chi connectivity index (χ1) is 14.7. The molecule has 30 heavy (non-hydrogen) atoms. The van der Waals surface area contributed by atoms with Crippen LogP contribution >= 0.6 is 0 Å². The second-order valence-corrected chi connectivity index (χ2v) is 7.47. The van der Waals surface area contributed by atoms with Crippen LogP contribution in [0.1, 0.15) is 33.3 Å². The topological polar surface area (TPSA) is 65.1 Å². The van der Waals surface area contributed by atoms with Crippen LogP contribution in [0.25, 0.3) is 0 Å². The lowest BCUT2D eigenvalue weighted by Gasteiger charge is -2.35. The Bertz CT molecular complexity index is 986. The third-order valence-corrected chi connectivity index (χ3v) is 5.71. The molecule has 6 heteroatoms. The molecule has 1 aliphatic heterocycles. The third kappa shape index (κ3) is 4.19. The van der Waals surface area contributed by atoms with E-state index in [-0.39, 0.29) is 11.9 Å². The van der Waals surface area contributed by atoms with Gasteiger partial charge in [-0.05, 0) is 29.8 Å². The highest BCUT2D eigenvalue weighted by Gasteiger charge is 2.33. The minimum atomic E-state index is -0.202. The van der Waals surface area contributed by atoms with Crippen molar-refractivity contribution < 1.29 is 23.6 Å². The van der Waals surface area contributed by atoms with Crippen molar-refractivity contribution in [2.75, 3.05) is 27.3 Å². The lowest BCUT2D eigenvalue weighted by atomic mass is 9.91. The van der Waals surface area contributed by atoms with E-state index in [1.165, 1.54) is 27.9 Å². The lowest BCUT2D eigenvalue weighted by molar-refractivity contribution is -0.945. The quantitative estimate of drug-likeness (QED) is 0.631. The van der Waals surface area contributed by atoms with E-state index in [0.29, 0.717) is 18.1 Å². The molecule has 2 atom stereocenters. The Kier molecular flexibility index (Phi) is 6.05. The SMILES string of the molecule is COc1cc2c(cc1OC)[C@@H](CNC(=O)c1ccco1)[NH+](Cc1ccccc1)CC2. The average molecular weight is 407 g/mol. The second-order valence-electron chi connectivity index (χ2n) is 7.47. The molecule has 0 saturated heterocycles. The summed E-state index contributed by atoms with van der Waals surface area (Å²) in [5.41, 5.74) is 3.70. The molecule has 0 aliphatic carbocycles. The number of hydrogen-bond acceptors (Lipinski definition) is 4. The fourth-order valence-electron chi connectivity index (χ4n) is 4.18. The molecule has 2 N–H and O–H groups in total. The van der Waals surface area contributed by atoms with Gasteiger partial charge in [-0.2, -0.15) is 0 Å². The summed E-state index contributed by atoms with van der Waals surface area (Å²) in [7, 11) is 3.30. The summed E-state index contributed by atoms with van der Waals surface area (Å²) in [6.45, 7) is 2.36. The summed E-state index contributed by atoms with van der Waals surface area (Å²) in [4.78, 5) is 13.9. The van der Waals surface area contributed by atoms with E-state index in [1.54, 1.807) is 26.4 Å². The minimum absolute atomic E-state index is 0.0904. The molecule has 2 heterocycles. The number of quaternary nitrogens is 1. The molecule has 1 aromatic heterocycles. The number of ether oxygens (including phenoxy) is 2. The number of amides is 1. The molecule has 0 saturated carbocycles. The summed E-state index contributed by atoms with van der Waals surface area (Å²) in [6, 6.07) is 18.1. The van der Waals surface area contributed by atoms with Crippen LogP contribution in [-0.4, -0.2) is 33.2 Å². The van der Waals surface area contributed by atoms with Crippen LogP contribution < -0.4 is 19.7 Å². The Labute approximate surface area is 176 Å². The van der Waals surface area contributed by atoms with Crippen molar-refractivity contribution in [1.82, 2.24) is 5.32 Å². The van der Waals surface area contributed by atoms with Crippen molar-refractivity contribution in [3.8, 4) is 11.5 Å². The molecule has 0 fully saturated rings. The summed E-state index contributed by atoms with van der Waals surface area (Å²) in [6.07, 6.45) is 2.45. The first-order valence-electron chi connectivity index (χ1n) is 10.1. The van der Waals surface area contributed by atoms with Gasteiger partial charge in [0.15, 0.2) is 17.3 Å². The van der Waals surface area contributed by atoms with Gasteiger partial charge in [0.1, 0.15) is 12.6 Å². The summed E-state index contributed by atoms with van der Waals surface area (Å²) in [5, 5.41) is 3.05. The molecule has 0 radical (unpaired) electrons. The highest BCUT2D eigenvalue weighted by Crippen LogP contribution is 2.34. The van der Waals surface area contributed by atoms with Gasteiger partial charge in [-0.15, -0.1) is 0 Å². The molecular formula is C24H27N2O4+. The normalized spacial score (nSPS) is 17.8. The maximum Gasteiger partial charge on any atom is 0.287 e. The van der Waals surface area contributed by atoms with Crippen molar-refractivity contribution in [3.63, 3.8) is 0 Å². The fourth-order valence-corrected chi connectivity index (χ4v) is 4.18. The summed E-state index contributed by atoms with van der Waals surface area (Å²) < 4.78 is 16.3. The minimum Gasteiger partial charge on any atom is -0.493 e. The molecule has 2 aromatic carbocycles. The van der Waals surface area contributed by atoms with Crippen LogP contribution in [0.5, 0.6) is 11.5 Å². The van der Waals surface area contributed by atoms with Crippen molar-refractivity contribution in [3.05, 3.63) is 83.3 Å². The monoisotopic (exact) mass is 407 g/mol. The number of benzene rings is 2. The van der Waals surface area contributed by atoms with Crippen LogP contribution in [0.2, 0.25) is 0 Å². The number of fused-ring (bicyclic) bond motifs is 1. The number of carbonyl (C=O) groups excluding carboxylic acids is 1. The zero-order chi connectivity index (χ0) is 20.9. The molecule has 1 amide bonds. The van der Waals surface area contributed by atoms with E-state index in [2.05, 4.69) is 41.7 Å². The van der Waals surface area contributed by atoms with E-state index >= 15 is 0 Å². The zero-order valence-electron chi connectivity index (χ0n) is 17.3. The molecule has 0 spiro atoms. The summed E-state index contributed by atoms with van der Waals surface area (Å²) in [5.74, 6) is 1.57. The molecule has 4 rings (SSSR count). The van der Waals surface area contributed by atoms with Gasteiger partial charge in [0.05, 0.1) is 33.6 Å². The van der Waals surface area contributed by atoms with Gasteiger partial charge in [-0.1, -0.05) is 30.3 Å². The summed E-state index contributed by atoms with van der Waals surface area (Å²) >= 11 is 0. The highest BCUT2D eigenvalue weighted by molar-refractivity contribution is 5.91. The molecule has 1 unspecified atom stereocenters. The molecule has 1 aliphatic rings. The van der Waals surface area contributed by atoms with Gasteiger partial charge in [0.2, 0.25) is 0 Å². The van der Waals surface area contributed by atoms with Crippen molar-refractivity contribution in [2.24, 2.45) is 0 Å². The van der Waals surface area contributed by atoms with Gasteiger partial charge in [0.25, 0.3) is 5.91 Å². The van der Waals surface area contributed by atoms with Gasteiger partial charge in [0, 0.05) is 17.5 Å². The standard InChI is InChI=1S/C24H26N2O4/c1-28-22-13-18-10-11-26(16-17-7-4-3-5-8-17)20(19(18)14-23(22)29-2)15-25-24(27)21-9-6-12-30-21/h3-9,12-14,20H,10-11,15-16H2,1-2H3,(H,25,27)/p+1/t20-/m1/s1. The Morgan fingerprint density at radius 3 is 2.57 bits per heavy atom. The van der Waals surface area contributed by atoms with Crippen molar-refractivity contribution >= 4 is 5.91 Å². The number of rotatable bonds is 7. The van der Waals surface area contributed by atoms with Crippen LogP contribution in [0.4, 0.5) is 0 Å². The largest absolute Gasteiger partial charge is 0.493 e. The van der Waals surface area contributed by atoms with Gasteiger partial charge >= 0.3 is 0 Å². The predicted molar refractivity (Wildman–Crippen MR) is 113 cm³/mol. The maximum absolute atomic E-state index is 12.5. The Balaban J connectivity index is 1.63. The average Bonchev–Trinajstić information content (AvgIpc) is 3.33. The van der Waals surface area contributed by atoms with Gasteiger partial charge in [-0.3, -0.25) is 4.79 Å².